The summed E-state index contributed by atoms with van der Waals surface area (Å²) in [6.45, 7) is 3.20. The summed E-state index contributed by atoms with van der Waals surface area (Å²) in [5, 5.41) is -0.587. The summed E-state index contributed by atoms with van der Waals surface area (Å²) in [6, 6.07) is 10.1. The van der Waals surface area contributed by atoms with Crippen molar-refractivity contribution in [3.8, 4) is 0 Å². The third kappa shape index (κ3) is 3.52. The highest BCUT2D eigenvalue weighted by Crippen LogP contribution is 2.23. The molecule has 128 valence electrons. The van der Waals surface area contributed by atoms with E-state index < -0.39 is 15.3 Å². The van der Waals surface area contributed by atoms with Crippen molar-refractivity contribution < 1.29 is 17.9 Å². The van der Waals surface area contributed by atoms with Gasteiger partial charge >= 0.3 is 0 Å². The number of methoxy groups -OCH3 is 1. The smallest absolute Gasteiger partial charge is 0.222 e. The van der Waals surface area contributed by atoms with Gasteiger partial charge < -0.3 is 14.4 Å². The lowest BCUT2D eigenvalue weighted by molar-refractivity contribution is 0.0825. The maximum Gasteiger partial charge on any atom is 0.222 e. The van der Waals surface area contributed by atoms with Gasteiger partial charge in [0.1, 0.15) is 11.4 Å². The molecule has 0 aliphatic carbocycles. The normalized spacial score (nSPS) is 27.1. The summed E-state index contributed by atoms with van der Waals surface area (Å²) in [5.41, 5.74) is 1.14. The highest BCUT2D eigenvalue weighted by molar-refractivity contribution is 7.89. The number of hydrogen-bond acceptors (Lipinski definition) is 5. The van der Waals surface area contributed by atoms with E-state index in [0.717, 1.165) is 18.7 Å². The van der Waals surface area contributed by atoms with Crippen molar-refractivity contribution in [3.63, 3.8) is 0 Å². The van der Waals surface area contributed by atoms with Gasteiger partial charge in [-0.2, -0.15) is 4.31 Å². The molecule has 2 atom stereocenters. The van der Waals surface area contributed by atoms with E-state index in [-0.39, 0.29) is 12.7 Å². The zero-order valence-corrected chi connectivity index (χ0v) is 14.2. The van der Waals surface area contributed by atoms with Crippen LogP contribution in [0.1, 0.15) is 6.42 Å². The minimum atomic E-state index is -3.40. The summed E-state index contributed by atoms with van der Waals surface area (Å²) in [5.74, 6) is 0. The van der Waals surface area contributed by atoms with Crippen LogP contribution in [0.4, 0.5) is 5.69 Å². The first-order valence-corrected chi connectivity index (χ1v) is 9.53. The van der Waals surface area contributed by atoms with Crippen LogP contribution in [0.2, 0.25) is 0 Å². The van der Waals surface area contributed by atoms with E-state index in [9.17, 15) is 8.42 Å². The highest BCUT2D eigenvalue weighted by Gasteiger charge is 2.42. The third-order valence-corrected chi connectivity index (χ3v) is 6.89. The standard InChI is InChI=1S/C16H24N2O4S/c1-21-15-12-22-13-16(15)23(19,20)18-9-5-8-17(10-11-18)14-6-3-2-4-7-14/h2-4,6-7,15-16H,5,8-13H2,1H3. The molecule has 0 N–H and O–H groups in total. The molecule has 2 aliphatic heterocycles. The molecular formula is C16H24N2O4S. The minimum absolute atomic E-state index is 0.222. The van der Waals surface area contributed by atoms with Crippen LogP contribution in [0.5, 0.6) is 0 Å². The van der Waals surface area contributed by atoms with Crippen LogP contribution in [-0.2, 0) is 19.5 Å². The highest BCUT2D eigenvalue weighted by atomic mass is 32.2. The summed E-state index contributed by atoms with van der Waals surface area (Å²) in [4.78, 5) is 2.24. The molecule has 7 heteroatoms. The molecule has 2 saturated heterocycles. The topological polar surface area (TPSA) is 59.1 Å². The molecule has 2 unspecified atom stereocenters. The molecule has 6 nitrogen and oxygen atoms in total. The molecule has 1 aromatic rings. The zero-order valence-electron chi connectivity index (χ0n) is 13.4. The maximum absolute atomic E-state index is 12.9. The summed E-state index contributed by atoms with van der Waals surface area (Å²) in [6.07, 6.45) is 0.452. The van der Waals surface area contributed by atoms with Crippen LogP contribution in [0.3, 0.4) is 0 Å². The molecule has 3 rings (SSSR count). The second kappa shape index (κ2) is 7.17. The minimum Gasteiger partial charge on any atom is -0.378 e. The molecule has 0 bridgehead atoms. The lowest BCUT2D eigenvalue weighted by Gasteiger charge is -2.26. The van der Waals surface area contributed by atoms with E-state index >= 15 is 0 Å². The fourth-order valence-electron chi connectivity index (χ4n) is 3.25. The van der Waals surface area contributed by atoms with Crippen LogP contribution < -0.4 is 4.90 Å². The van der Waals surface area contributed by atoms with Gasteiger partial charge in [-0.3, -0.25) is 0 Å². The second-order valence-electron chi connectivity index (χ2n) is 5.97. The molecule has 23 heavy (non-hydrogen) atoms. The van der Waals surface area contributed by atoms with Crippen molar-refractivity contribution in [1.82, 2.24) is 4.31 Å². The molecule has 0 radical (unpaired) electrons. The van der Waals surface area contributed by atoms with Crippen molar-refractivity contribution in [2.24, 2.45) is 0 Å². The largest absolute Gasteiger partial charge is 0.378 e. The summed E-state index contributed by atoms with van der Waals surface area (Å²) >= 11 is 0. The number of ether oxygens (including phenoxy) is 2. The maximum atomic E-state index is 12.9. The van der Waals surface area contributed by atoms with Crippen LogP contribution in [0.25, 0.3) is 0 Å². The van der Waals surface area contributed by atoms with Gasteiger partial charge in [-0.25, -0.2) is 8.42 Å². The quantitative estimate of drug-likeness (QED) is 0.816. The predicted octanol–water partition coefficient (Wildman–Crippen LogP) is 0.942. The Labute approximate surface area is 138 Å². The van der Waals surface area contributed by atoms with Gasteiger partial charge in [0, 0.05) is 39.0 Å². The van der Waals surface area contributed by atoms with Crippen molar-refractivity contribution in [3.05, 3.63) is 30.3 Å². The summed E-state index contributed by atoms with van der Waals surface area (Å²) < 4.78 is 38.0. The monoisotopic (exact) mass is 340 g/mol. The Kier molecular flexibility index (Phi) is 5.21. The van der Waals surface area contributed by atoms with Crippen LogP contribution in [-0.4, -0.2) is 70.6 Å². The first kappa shape index (κ1) is 16.7. The Morgan fingerprint density at radius 2 is 1.87 bits per heavy atom. The van der Waals surface area contributed by atoms with E-state index in [0.29, 0.717) is 26.2 Å². The van der Waals surface area contributed by atoms with Gasteiger partial charge in [0.25, 0.3) is 0 Å². The number of anilines is 1. The second-order valence-corrected chi connectivity index (χ2v) is 8.12. The number of benzene rings is 1. The van der Waals surface area contributed by atoms with E-state index in [4.69, 9.17) is 9.47 Å². The predicted molar refractivity (Wildman–Crippen MR) is 89.2 cm³/mol. The zero-order chi connectivity index (χ0) is 16.3. The number of hydrogen-bond donors (Lipinski definition) is 0. The van der Waals surface area contributed by atoms with E-state index in [1.165, 1.54) is 0 Å². The first-order valence-electron chi connectivity index (χ1n) is 8.02. The number of rotatable bonds is 4. The third-order valence-electron chi connectivity index (χ3n) is 4.60. The number of nitrogens with zero attached hydrogens (tertiary/aromatic N) is 2. The van der Waals surface area contributed by atoms with E-state index in [1.807, 2.05) is 18.2 Å². The number of sulfonamides is 1. The Hall–Kier alpha value is -1.15. The Balaban J connectivity index is 1.70. The van der Waals surface area contributed by atoms with Gasteiger partial charge in [-0.1, -0.05) is 18.2 Å². The molecule has 2 fully saturated rings. The molecule has 0 spiro atoms. The fraction of sp³-hybridized carbons (Fsp3) is 0.625. The molecule has 0 amide bonds. The molecule has 2 aliphatic rings. The Morgan fingerprint density at radius 3 is 2.61 bits per heavy atom. The van der Waals surface area contributed by atoms with Gasteiger partial charge in [0.2, 0.25) is 10.0 Å². The first-order chi connectivity index (χ1) is 11.1. The van der Waals surface area contributed by atoms with Gasteiger partial charge in [0.05, 0.1) is 13.2 Å². The summed E-state index contributed by atoms with van der Waals surface area (Å²) in [7, 11) is -1.85. The van der Waals surface area contributed by atoms with Crippen molar-refractivity contribution in [1.29, 1.82) is 0 Å². The van der Waals surface area contributed by atoms with Crippen LogP contribution >= 0.6 is 0 Å². The van der Waals surface area contributed by atoms with Crippen molar-refractivity contribution in [2.75, 3.05) is 51.4 Å². The Bertz CT molecular complexity index is 608. The van der Waals surface area contributed by atoms with Crippen molar-refractivity contribution >= 4 is 15.7 Å². The molecule has 2 heterocycles. The average molecular weight is 340 g/mol. The fourth-order valence-corrected chi connectivity index (χ4v) is 5.19. The van der Waals surface area contributed by atoms with Crippen LogP contribution in [0, 0.1) is 0 Å². The average Bonchev–Trinajstić information content (AvgIpc) is 2.92. The van der Waals surface area contributed by atoms with Gasteiger partial charge in [0.15, 0.2) is 0 Å². The van der Waals surface area contributed by atoms with Crippen LogP contribution in [0.15, 0.2) is 30.3 Å². The van der Waals surface area contributed by atoms with Crippen molar-refractivity contribution in [2.45, 2.75) is 17.8 Å². The molecule has 1 aromatic carbocycles. The molecule has 0 aromatic heterocycles. The van der Waals surface area contributed by atoms with E-state index in [2.05, 4.69) is 17.0 Å². The number of para-hydroxylation sites is 1. The van der Waals surface area contributed by atoms with E-state index in [1.54, 1.807) is 11.4 Å². The SMILES string of the molecule is COC1COCC1S(=O)(=O)N1CCCN(c2ccccc2)CC1. The molecule has 0 saturated carbocycles. The molecular weight excluding hydrogens is 316 g/mol. The van der Waals surface area contributed by atoms with Gasteiger partial charge in [-0.05, 0) is 18.6 Å². The van der Waals surface area contributed by atoms with Gasteiger partial charge in [-0.15, -0.1) is 0 Å². The Morgan fingerprint density at radius 1 is 1.09 bits per heavy atom. The lowest BCUT2D eigenvalue weighted by Crippen LogP contribution is -2.46. The lowest BCUT2D eigenvalue weighted by atomic mass is 10.3.